The van der Waals surface area contributed by atoms with E-state index in [1.807, 2.05) is 12.1 Å². The van der Waals surface area contributed by atoms with Crippen LogP contribution in [-0.4, -0.2) is 31.6 Å². The van der Waals surface area contributed by atoms with Gasteiger partial charge in [0, 0.05) is 30.7 Å². The van der Waals surface area contributed by atoms with Crippen LogP contribution in [0.1, 0.15) is 5.69 Å². The Bertz CT molecular complexity index is 446. The molecule has 0 atom stereocenters. The molecule has 0 radical (unpaired) electrons. The highest BCUT2D eigenvalue weighted by molar-refractivity contribution is 7.89. The van der Waals surface area contributed by atoms with E-state index in [2.05, 4.69) is 9.71 Å². The number of nitrogens with zero attached hydrogens (tertiary/aromatic N) is 1. The largest absolute Gasteiger partial charge is 0.261 e. The Kier molecular flexibility index (Phi) is 6.18. The first-order valence-electron chi connectivity index (χ1n) is 5.22. The van der Waals surface area contributed by atoms with Gasteiger partial charge in [0.2, 0.25) is 10.0 Å². The van der Waals surface area contributed by atoms with Crippen molar-refractivity contribution < 1.29 is 8.42 Å². The maximum Gasteiger partial charge on any atom is 0.212 e. The first-order valence-corrected chi connectivity index (χ1v) is 7.41. The molecule has 1 heterocycles. The normalized spacial score (nSPS) is 12.1. The number of rotatable bonds is 7. The van der Waals surface area contributed by atoms with Crippen molar-refractivity contribution >= 4 is 21.6 Å². The third-order valence-corrected chi connectivity index (χ3v) is 3.56. The van der Waals surface area contributed by atoms with Gasteiger partial charge in [0.25, 0.3) is 0 Å². The smallest absolute Gasteiger partial charge is 0.212 e. The van der Waals surface area contributed by atoms with Crippen LogP contribution in [0.2, 0.25) is 0 Å². The first kappa shape index (κ1) is 14.2. The highest BCUT2D eigenvalue weighted by Gasteiger charge is 2.08. The summed E-state index contributed by atoms with van der Waals surface area (Å²) in [5.74, 6) is 0.425. The maximum atomic E-state index is 11.6. The van der Waals surface area contributed by atoms with Crippen LogP contribution in [0.4, 0.5) is 0 Å². The molecule has 1 rings (SSSR count). The van der Waals surface area contributed by atoms with E-state index in [0.717, 1.165) is 5.69 Å². The monoisotopic (exact) mass is 274 g/mol. The highest BCUT2D eigenvalue weighted by atomic mass is 35.5. The van der Waals surface area contributed by atoms with Gasteiger partial charge in [-0.15, -0.1) is 11.6 Å². The molecule has 0 fully saturated rings. The standard InChI is InChI=1S/C11H15ClN2O2S/c12-7-2-4-9-14-17(15,16)10-6-11-5-1-3-8-13-11/h1-5,8,14H,6-7,9-10H2/b4-2+. The van der Waals surface area contributed by atoms with Crippen LogP contribution in [0, 0.1) is 0 Å². The molecule has 0 aliphatic heterocycles. The van der Waals surface area contributed by atoms with Gasteiger partial charge in [-0.1, -0.05) is 18.2 Å². The average Bonchev–Trinajstić information content (AvgIpc) is 2.34. The van der Waals surface area contributed by atoms with E-state index in [0.29, 0.717) is 12.3 Å². The van der Waals surface area contributed by atoms with Gasteiger partial charge in [0.05, 0.1) is 5.75 Å². The van der Waals surface area contributed by atoms with Gasteiger partial charge >= 0.3 is 0 Å². The van der Waals surface area contributed by atoms with Crippen molar-refractivity contribution in [2.75, 3.05) is 18.2 Å². The van der Waals surface area contributed by atoms with Crippen molar-refractivity contribution in [1.82, 2.24) is 9.71 Å². The zero-order valence-electron chi connectivity index (χ0n) is 9.34. The molecule has 6 heteroatoms. The van der Waals surface area contributed by atoms with Crippen molar-refractivity contribution in [2.45, 2.75) is 6.42 Å². The third kappa shape index (κ3) is 6.41. The van der Waals surface area contributed by atoms with Gasteiger partial charge in [0.15, 0.2) is 0 Å². The number of allylic oxidation sites excluding steroid dienone is 1. The van der Waals surface area contributed by atoms with Crippen molar-refractivity contribution in [3.05, 3.63) is 42.2 Å². The quantitative estimate of drug-likeness (QED) is 0.603. The topological polar surface area (TPSA) is 59.1 Å². The van der Waals surface area contributed by atoms with Crippen LogP contribution in [0.3, 0.4) is 0 Å². The summed E-state index contributed by atoms with van der Waals surface area (Å²) in [5, 5.41) is 0. The van der Waals surface area contributed by atoms with E-state index >= 15 is 0 Å². The lowest BCUT2D eigenvalue weighted by molar-refractivity contribution is 0.584. The number of sulfonamides is 1. The van der Waals surface area contributed by atoms with E-state index in [9.17, 15) is 8.42 Å². The molecule has 0 aliphatic carbocycles. The van der Waals surface area contributed by atoms with Gasteiger partial charge in [0.1, 0.15) is 0 Å². The van der Waals surface area contributed by atoms with Gasteiger partial charge in [-0.3, -0.25) is 4.98 Å². The molecular weight excluding hydrogens is 260 g/mol. The number of hydrogen-bond donors (Lipinski definition) is 1. The number of alkyl halides is 1. The molecule has 0 amide bonds. The second kappa shape index (κ2) is 7.42. The van der Waals surface area contributed by atoms with E-state index in [1.165, 1.54) is 0 Å². The molecule has 0 saturated carbocycles. The molecule has 0 saturated heterocycles. The fraction of sp³-hybridized carbons (Fsp3) is 0.364. The zero-order chi connectivity index (χ0) is 12.6. The summed E-state index contributed by atoms with van der Waals surface area (Å²) in [7, 11) is -3.24. The SMILES string of the molecule is O=S(=O)(CCc1ccccn1)NC/C=C/CCl. The molecule has 17 heavy (non-hydrogen) atoms. The molecule has 0 unspecified atom stereocenters. The Balaban J connectivity index is 2.37. The number of halogens is 1. The van der Waals surface area contributed by atoms with Crippen LogP contribution < -0.4 is 4.72 Å². The van der Waals surface area contributed by atoms with Crippen molar-refractivity contribution in [3.8, 4) is 0 Å². The molecule has 1 aromatic rings. The molecule has 0 spiro atoms. The van der Waals surface area contributed by atoms with Crippen LogP contribution in [0.25, 0.3) is 0 Å². The van der Waals surface area contributed by atoms with Crippen molar-refractivity contribution in [2.24, 2.45) is 0 Å². The molecule has 0 aliphatic rings. The number of pyridine rings is 1. The fourth-order valence-electron chi connectivity index (χ4n) is 1.18. The second-order valence-electron chi connectivity index (χ2n) is 3.36. The molecule has 4 nitrogen and oxygen atoms in total. The Morgan fingerprint density at radius 2 is 2.18 bits per heavy atom. The van der Waals surface area contributed by atoms with E-state index < -0.39 is 10.0 Å². The summed E-state index contributed by atoms with van der Waals surface area (Å²) in [6.07, 6.45) is 5.45. The lowest BCUT2D eigenvalue weighted by Crippen LogP contribution is -2.27. The minimum absolute atomic E-state index is 0.0404. The summed E-state index contributed by atoms with van der Waals surface area (Å²) in [6.45, 7) is 0.275. The second-order valence-corrected chi connectivity index (χ2v) is 5.60. The van der Waals surface area contributed by atoms with Crippen molar-refractivity contribution in [3.63, 3.8) is 0 Å². The van der Waals surface area contributed by atoms with Crippen molar-refractivity contribution in [1.29, 1.82) is 0 Å². The molecule has 94 valence electrons. The number of aryl methyl sites for hydroxylation is 1. The summed E-state index contributed by atoms with van der Waals surface area (Å²) >= 11 is 5.42. The van der Waals surface area contributed by atoms with Gasteiger partial charge in [-0.05, 0) is 12.1 Å². The van der Waals surface area contributed by atoms with Crippen LogP contribution in [0.15, 0.2) is 36.5 Å². The van der Waals surface area contributed by atoms with Crippen LogP contribution >= 0.6 is 11.6 Å². The number of nitrogens with one attached hydrogen (secondary N) is 1. The summed E-state index contributed by atoms with van der Waals surface area (Å²) in [6, 6.07) is 5.45. The first-order chi connectivity index (χ1) is 8.14. The van der Waals surface area contributed by atoms with E-state index in [4.69, 9.17) is 11.6 Å². The van der Waals surface area contributed by atoms with E-state index in [-0.39, 0.29) is 12.3 Å². The lowest BCUT2D eigenvalue weighted by atomic mass is 10.3. The predicted octanol–water partition coefficient (Wildman–Crippen LogP) is 1.34. The molecule has 0 aromatic carbocycles. The van der Waals surface area contributed by atoms with Crippen LogP contribution in [0.5, 0.6) is 0 Å². The minimum Gasteiger partial charge on any atom is -0.261 e. The summed E-state index contributed by atoms with van der Waals surface area (Å²) < 4.78 is 25.6. The predicted molar refractivity (Wildman–Crippen MR) is 69.6 cm³/mol. The molecule has 1 N–H and O–H groups in total. The molecule has 1 aromatic heterocycles. The highest BCUT2D eigenvalue weighted by Crippen LogP contribution is 1.97. The van der Waals surface area contributed by atoms with E-state index in [1.54, 1.807) is 24.4 Å². The number of hydrogen-bond acceptors (Lipinski definition) is 3. The Morgan fingerprint density at radius 1 is 1.35 bits per heavy atom. The average molecular weight is 275 g/mol. The van der Waals surface area contributed by atoms with Gasteiger partial charge in [-0.2, -0.15) is 0 Å². The lowest BCUT2D eigenvalue weighted by Gasteiger charge is -2.03. The summed E-state index contributed by atoms with van der Waals surface area (Å²) in [5.41, 5.74) is 0.772. The summed E-state index contributed by atoms with van der Waals surface area (Å²) in [4.78, 5) is 4.07. The Morgan fingerprint density at radius 3 is 2.82 bits per heavy atom. The molecular formula is C11H15ClN2O2S. The third-order valence-electron chi connectivity index (χ3n) is 2.03. The Labute approximate surface area is 107 Å². The minimum atomic E-state index is -3.24. The van der Waals surface area contributed by atoms with Gasteiger partial charge < -0.3 is 0 Å². The fourth-order valence-corrected chi connectivity index (χ4v) is 2.28. The van der Waals surface area contributed by atoms with Gasteiger partial charge in [-0.25, -0.2) is 13.1 Å². The zero-order valence-corrected chi connectivity index (χ0v) is 10.9. The maximum absolute atomic E-state index is 11.6. The Hall–Kier alpha value is -0.910. The number of aromatic nitrogens is 1. The molecule has 0 bridgehead atoms. The van der Waals surface area contributed by atoms with Crippen LogP contribution in [-0.2, 0) is 16.4 Å².